The number of aliphatic hydroxyl groups is 1. The highest BCUT2D eigenvalue weighted by Gasteiger charge is 2.30. The van der Waals surface area contributed by atoms with E-state index in [1.807, 2.05) is 72.9 Å². The minimum absolute atomic E-state index is 0.0590. The number of ether oxygens (including phenoxy) is 1. The Kier molecular flexibility index (Phi) is 8.29. The molecule has 0 radical (unpaired) electrons. The van der Waals surface area contributed by atoms with Gasteiger partial charge in [-0.1, -0.05) is 61.2 Å². The van der Waals surface area contributed by atoms with Gasteiger partial charge in [-0.05, 0) is 73.4 Å². The van der Waals surface area contributed by atoms with E-state index in [0.717, 1.165) is 40.2 Å². The number of hydrogen-bond acceptors (Lipinski definition) is 4. The lowest BCUT2D eigenvalue weighted by atomic mass is 10.1. The number of hydrogen-bond donors (Lipinski definition) is 1. The third-order valence-electron chi connectivity index (χ3n) is 6.50. The van der Waals surface area contributed by atoms with Gasteiger partial charge in [0.25, 0.3) is 0 Å². The molecule has 7 heteroatoms. The molecule has 0 saturated carbocycles. The fourth-order valence-electron chi connectivity index (χ4n) is 4.01. The first-order valence-corrected chi connectivity index (χ1v) is 12.6. The molecule has 0 atom stereocenters. The van der Waals surface area contributed by atoms with Crippen molar-refractivity contribution in [1.29, 1.82) is 0 Å². The molecular weight excluding hydrogens is 501 g/mol. The molecule has 3 aromatic carbocycles. The van der Waals surface area contributed by atoms with Gasteiger partial charge in [0.15, 0.2) is 5.60 Å². The Labute approximate surface area is 227 Å². The molecule has 0 aliphatic rings. The van der Waals surface area contributed by atoms with Crippen LogP contribution in [-0.2, 0) is 19.1 Å². The number of nitrogens with zero attached hydrogens (tertiary/aromatic N) is 2. The van der Waals surface area contributed by atoms with Crippen molar-refractivity contribution in [3.05, 3.63) is 126 Å². The van der Waals surface area contributed by atoms with Gasteiger partial charge in [0.2, 0.25) is 0 Å². The van der Waals surface area contributed by atoms with E-state index >= 15 is 0 Å². The smallest absolute Gasteiger partial charge is 0.416 e. The average Bonchev–Trinajstić information content (AvgIpc) is 2.92. The maximum Gasteiger partial charge on any atom is 0.416 e. The van der Waals surface area contributed by atoms with E-state index in [4.69, 9.17) is 4.74 Å². The van der Waals surface area contributed by atoms with Crippen molar-refractivity contribution in [1.82, 2.24) is 4.98 Å². The molecule has 4 rings (SSSR count). The van der Waals surface area contributed by atoms with Gasteiger partial charge in [0.1, 0.15) is 17.3 Å². The van der Waals surface area contributed by atoms with Gasteiger partial charge in [0, 0.05) is 24.8 Å². The van der Waals surface area contributed by atoms with E-state index in [2.05, 4.69) is 16.5 Å². The van der Waals surface area contributed by atoms with E-state index in [1.165, 1.54) is 12.1 Å². The van der Waals surface area contributed by atoms with E-state index < -0.39 is 17.3 Å². The van der Waals surface area contributed by atoms with E-state index in [1.54, 1.807) is 13.8 Å². The van der Waals surface area contributed by atoms with E-state index in [-0.39, 0.29) is 5.76 Å². The second-order valence-corrected chi connectivity index (χ2v) is 9.84. The van der Waals surface area contributed by atoms with Crippen molar-refractivity contribution in [2.24, 2.45) is 0 Å². The van der Waals surface area contributed by atoms with Crippen LogP contribution in [0.15, 0.2) is 110 Å². The summed E-state index contributed by atoms with van der Waals surface area (Å²) in [6, 6.07) is 26.7. The summed E-state index contributed by atoms with van der Waals surface area (Å²) in [7, 11) is 0. The summed E-state index contributed by atoms with van der Waals surface area (Å²) >= 11 is 0. The monoisotopic (exact) mass is 532 g/mol. The summed E-state index contributed by atoms with van der Waals surface area (Å²) in [5, 5.41) is 9.72. The maximum absolute atomic E-state index is 13.0. The lowest BCUT2D eigenvalue weighted by Gasteiger charge is -2.26. The molecule has 0 aliphatic heterocycles. The maximum atomic E-state index is 13.0. The predicted molar refractivity (Wildman–Crippen MR) is 149 cm³/mol. The quantitative estimate of drug-likeness (QED) is 0.209. The van der Waals surface area contributed by atoms with Gasteiger partial charge in [-0.3, -0.25) is 0 Å². The summed E-state index contributed by atoms with van der Waals surface area (Å²) in [6.45, 7) is 8.03. The van der Waals surface area contributed by atoms with Crippen LogP contribution < -0.4 is 9.64 Å². The van der Waals surface area contributed by atoms with Crippen LogP contribution in [-0.4, -0.2) is 22.2 Å². The molecule has 0 saturated heterocycles. The van der Waals surface area contributed by atoms with Crippen molar-refractivity contribution in [3.8, 4) is 16.9 Å². The van der Waals surface area contributed by atoms with Gasteiger partial charge in [-0.2, -0.15) is 13.2 Å². The second-order valence-electron chi connectivity index (χ2n) is 9.84. The van der Waals surface area contributed by atoms with Crippen LogP contribution in [0.25, 0.3) is 11.1 Å². The summed E-state index contributed by atoms with van der Waals surface area (Å²) in [6.07, 6.45) is -1.88. The van der Waals surface area contributed by atoms with Crippen LogP contribution >= 0.6 is 0 Å². The largest absolute Gasteiger partial charge is 0.509 e. The molecule has 1 aromatic heterocycles. The highest BCUT2D eigenvalue weighted by Crippen LogP contribution is 2.30. The second kappa shape index (κ2) is 11.6. The summed E-state index contributed by atoms with van der Waals surface area (Å²) in [5.41, 5.74) is 2.28. The Morgan fingerprint density at radius 1 is 0.846 bits per heavy atom. The third kappa shape index (κ3) is 7.41. The van der Waals surface area contributed by atoms with Crippen LogP contribution in [0.5, 0.6) is 5.75 Å². The zero-order chi connectivity index (χ0) is 28.0. The molecule has 1 heterocycles. The molecule has 1 N–H and O–H groups in total. The van der Waals surface area contributed by atoms with Gasteiger partial charge < -0.3 is 14.7 Å². The Morgan fingerprint density at radius 2 is 1.49 bits per heavy atom. The molecule has 0 amide bonds. The highest BCUT2D eigenvalue weighted by atomic mass is 19.4. The summed E-state index contributed by atoms with van der Waals surface area (Å²) in [5.74, 6) is 1.28. The Hall–Kier alpha value is -4.26. The van der Waals surface area contributed by atoms with Gasteiger partial charge in [0.05, 0.1) is 5.56 Å². The van der Waals surface area contributed by atoms with Crippen molar-refractivity contribution >= 4 is 5.82 Å². The number of rotatable bonds is 10. The molecule has 39 heavy (non-hydrogen) atoms. The Morgan fingerprint density at radius 3 is 2.05 bits per heavy atom. The first-order valence-electron chi connectivity index (χ1n) is 12.6. The number of alkyl halides is 3. The molecule has 0 fully saturated rings. The molecule has 0 bridgehead atoms. The van der Waals surface area contributed by atoms with Crippen LogP contribution in [0.3, 0.4) is 0 Å². The zero-order valence-corrected chi connectivity index (χ0v) is 21.9. The number of halogens is 3. The molecule has 4 aromatic rings. The number of aliphatic hydroxyl groups excluding tert-OH is 1. The fraction of sp³-hybridized carbons (Fsp3) is 0.219. The van der Waals surface area contributed by atoms with Gasteiger partial charge >= 0.3 is 6.18 Å². The van der Waals surface area contributed by atoms with E-state index in [9.17, 15) is 18.3 Å². The lowest BCUT2D eigenvalue weighted by molar-refractivity contribution is -0.137. The van der Waals surface area contributed by atoms with Gasteiger partial charge in [-0.25, -0.2) is 4.98 Å². The zero-order valence-electron chi connectivity index (χ0n) is 21.9. The number of benzene rings is 3. The SMILES string of the molecule is C=C(O)C(C)(C)Oc1ccc(CCN(Cc2ccc(C(F)(F)F)cc2)c2ccc(-c3ccccc3)cn2)cc1. The van der Waals surface area contributed by atoms with Crippen molar-refractivity contribution in [2.75, 3.05) is 11.4 Å². The molecule has 4 nitrogen and oxygen atoms in total. The number of aromatic nitrogens is 1. The lowest BCUT2D eigenvalue weighted by Crippen LogP contribution is -2.30. The van der Waals surface area contributed by atoms with Crippen molar-refractivity contribution < 1.29 is 23.0 Å². The molecule has 202 valence electrons. The van der Waals surface area contributed by atoms with Crippen LogP contribution in [0.2, 0.25) is 0 Å². The molecule has 0 unspecified atom stereocenters. The standard InChI is InChI=1S/C32H31F3N2O2/c1-23(38)31(2,3)39-29-16-11-24(12-17-29)19-20-37(22-25-9-14-28(15-10-25)32(33,34)35)30-18-13-27(21-36-30)26-7-5-4-6-8-26/h4-18,21,38H,1,19-20,22H2,2-3H3. The first kappa shape index (κ1) is 27.8. The minimum atomic E-state index is -4.37. The van der Waals surface area contributed by atoms with Crippen LogP contribution in [0.4, 0.5) is 19.0 Å². The Bertz CT molecular complexity index is 1370. The molecule has 0 aliphatic carbocycles. The predicted octanol–water partition coefficient (Wildman–Crippen LogP) is 8.25. The van der Waals surface area contributed by atoms with Crippen molar-refractivity contribution in [3.63, 3.8) is 0 Å². The normalized spacial score (nSPS) is 11.7. The number of anilines is 1. The third-order valence-corrected chi connectivity index (χ3v) is 6.50. The van der Waals surface area contributed by atoms with Crippen molar-refractivity contribution in [2.45, 2.75) is 38.6 Å². The van der Waals surface area contributed by atoms with E-state index in [0.29, 0.717) is 25.3 Å². The molecule has 0 spiro atoms. The van der Waals surface area contributed by atoms with Crippen LogP contribution in [0.1, 0.15) is 30.5 Å². The minimum Gasteiger partial charge on any atom is -0.509 e. The van der Waals surface area contributed by atoms with Crippen LogP contribution in [0, 0.1) is 0 Å². The summed E-state index contributed by atoms with van der Waals surface area (Å²) in [4.78, 5) is 6.74. The first-order chi connectivity index (χ1) is 18.5. The summed E-state index contributed by atoms with van der Waals surface area (Å²) < 4.78 is 45.0. The van der Waals surface area contributed by atoms with Gasteiger partial charge in [-0.15, -0.1) is 0 Å². The Balaban J connectivity index is 1.51. The fourth-order valence-corrected chi connectivity index (χ4v) is 4.01. The molecular formula is C32H31F3N2O2. The number of pyridine rings is 1. The highest BCUT2D eigenvalue weighted by molar-refractivity contribution is 5.63. The topological polar surface area (TPSA) is 45.6 Å². The average molecular weight is 533 g/mol.